The molecule has 18 heavy (non-hydrogen) atoms. The van der Waals surface area contributed by atoms with Crippen molar-refractivity contribution in [2.75, 3.05) is 5.32 Å². The second-order valence-electron chi connectivity index (χ2n) is 4.43. The molecular formula is C16H16NO. The van der Waals surface area contributed by atoms with Gasteiger partial charge in [0, 0.05) is 11.3 Å². The maximum atomic E-state index is 12.1. The Morgan fingerprint density at radius 2 is 1.83 bits per heavy atom. The average molecular weight is 238 g/mol. The Balaban J connectivity index is 2.24. The highest BCUT2D eigenvalue weighted by Crippen LogP contribution is 2.18. The van der Waals surface area contributed by atoms with E-state index in [-0.39, 0.29) is 5.91 Å². The zero-order valence-electron chi connectivity index (χ0n) is 10.7. The molecule has 2 aromatic carbocycles. The van der Waals surface area contributed by atoms with Crippen LogP contribution >= 0.6 is 0 Å². The normalized spacial score (nSPS) is 10.2. The summed E-state index contributed by atoms with van der Waals surface area (Å²) in [6.07, 6.45) is 0. The van der Waals surface area contributed by atoms with Crippen molar-refractivity contribution in [3.63, 3.8) is 0 Å². The van der Waals surface area contributed by atoms with Crippen LogP contribution < -0.4 is 5.32 Å². The van der Waals surface area contributed by atoms with Crippen molar-refractivity contribution in [2.45, 2.75) is 13.8 Å². The zero-order valence-corrected chi connectivity index (χ0v) is 10.7. The number of carbonyl (C=O) groups is 1. The van der Waals surface area contributed by atoms with Crippen LogP contribution in [0.4, 0.5) is 5.69 Å². The van der Waals surface area contributed by atoms with E-state index >= 15 is 0 Å². The van der Waals surface area contributed by atoms with Crippen molar-refractivity contribution in [1.29, 1.82) is 0 Å². The van der Waals surface area contributed by atoms with Crippen LogP contribution in [0.1, 0.15) is 27.0 Å². The molecular weight excluding hydrogens is 222 g/mol. The van der Waals surface area contributed by atoms with Gasteiger partial charge in [0.15, 0.2) is 0 Å². The Morgan fingerprint density at radius 1 is 1.11 bits per heavy atom. The van der Waals surface area contributed by atoms with Crippen molar-refractivity contribution in [1.82, 2.24) is 0 Å². The van der Waals surface area contributed by atoms with Crippen LogP contribution in [0.25, 0.3) is 0 Å². The Labute approximate surface area is 108 Å². The molecule has 2 heteroatoms. The highest BCUT2D eigenvalue weighted by atomic mass is 16.1. The average Bonchev–Trinajstić information content (AvgIpc) is 2.33. The van der Waals surface area contributed by atoms with Gasteiger partial charge >= 0.3 is 0 Å². The van der Waals surface area contributed by atoms with E-state index in [0.717, 1.165) is 16.8 Å². The third-order valence-corrected chi connectivity index (χ3v) is 2.89. The van der Waals surface area contributed by atoms with Crippen molar-refractivity contribution >= 4 is 11.6 Å². The Hall–Kier alpha value is -2.09. The highest BCUT2D eigenvalue weighted by molar-refractivity contribution is 6.05. The summed E-state index contributed by atoms with van der Waals surface area (Å²) in [5, 5.41) is 2.92. The van der Waals surface area contributed by atoms with E-state index in [2.05, 4.69) is 12.2 Å². The van der Waals surface area contributed by atoms with Crippen molar-refractivity contribution in [3.8, 4) is 0 Å². The lowest BCUT2D eigenvalue weighted by Crippen LogP contribution is -2.14. The fourth-order valence-electron chi connectivity index (χ4n) is 1.89. The number of rotatable bonds is 2. The molecule has 0 unspecified atom stereocenters. The number of hydrogen-bond acceptors (Lipinski definition) is 1. The molecule has 0 spiro atoms. The van der Waals surface area contributed by atoms with Gasteiger partial charge in [0.25, 0.3) is 5.91 Å². The summed E-state index contributed by atoms with van der Waals surface area (Å²) in [7, 11) is 0. The number of amides is 1. The quantitative estimate of drug-likeness (QED) is 0.848. The number of carbonyl (C=O) groups excluding carboxylic acids is 1. The van der Waals surface area contributed by atoms with Gasteiger partial charge in [-0.15, -0.1) is 0 Å². The molecule has 2 rings (SSSR count). The smallest absolute Gasteiger partial charge is 0.255 e. The van der Waals surface area contributed by atoms with E-state index in [0.29, 0.717) is 5.56 Å². The Morgan fingerprint density at radius 3 is 2.50 bits per heavy atom. The topological polar surface area (TPSA) is 29.1 Å². The zero-order chi connectivity index (χ0) is 13.1. The first kappa shape index (κ1) is 12.4. The summed E-state index contributed by atoms with van der Waals surface area (Å²) in [5.74, 6) is -0.118. The van der Waals surface area contributed by atoms with Gasteiger partial charge in [0.2, 0.25) is 0 Å². The molecule has 0 aromatic heterocycles. The molecule has 0 aliphatic carbocycles. The molecule has 0 heterocycles. The summed E-state index contributed by atoms with van der Waals surface area (Å²) in [6, 6.07) is 13.3. The van der Waals surface area contributed by atoms with Crippen LogP contribution in [0.3, 0.4) is 0 Å². The van der Waals surface area contributed by atoms with Gasteiger partial charge < -0.3 is 5.32 Å². The van der Waals surface area contributed by atoms with Crippen LogP contribution in [0.2, 0.25) is 0 Å². The first-order valence-corrected chi connectivity index (χ1v) is 5.87. The predicted molar refractivity (Wildman–Crippen MR) is 74.8 cm³/mol. The fourth-order valence-corrected chi connectivity index (χ4v) is 1.89. The second kappa shape index (κ2) is 5.05. The van der Waals surface area contributed by atoms with Gasteiger partial charge in [-0.25, -0.2) is 0 Å². The molecule has 1 radical (unpaired) electrons. The van der Waals surface area contributed by atoms with Crippen LogP contribution in [-0.4, -0.2) is 5.91 Å². The summed E-state index contributed by atoms with van der Waals surface area (Å²) >= 11 is 0. The molecule has 1 amide bonds. The molecule has 0 fully saturated rings. The summed E-state index contributed by atoms with van der Waals surface area (Å²) in [4.78, 5) is 12.1. The van der Waals surface area contributed by atoms with E-state index in [9.17, 15) is 4.79 Å². The van der Waals surface area contributed by atoms with E-state index in [1.165, 1.54) is 5.56 Å². The third-order valence-electron chi connectivity index (χ3n) is 2.89. The number of nitrogens with one attached hydrogen (secondary N) is 1. The molecule has 0 bridgehead atoms. The molecule has 0 aliphatic heterocycles. The first-order chi connectivity index (χ1) is 8.58. The minimum absolute atomic E-state index is 0.118. The van der Waals surface area contributed by atoms with Crippen LogP contribution in [0.5, 0.6) is 0 Å². The van der Waals surface area contributed by atoms with E-state index in [4.69, 9.17) is 0 Å². The Bertz CT molecular complexity index is 587. The second-order valence-corrected chi connectivity index (χ2v) is 4.43. The fraction of sp³-hybridized carbons (Fsp3) is 0.125. The summed E-state index contributed by atoms with van der Waals surface area (Å²) in [5.41, 5.74) is 4.43. The molecule has 2 nitrogen and oxygen atoms in total. The van der Waals surface area contributed by atoms with Crippen LogP contribution in [-0.2, 0) is 0 Å². The summed E-state index contributed by atoms with van der Waals surface area (Å²) < 4.78 is 0. The van der Waals surface area contributed by atoms with Gasteiger partial charge in [-0.2, -0.15) is 0 Å². The predicted octanol–water partition coefficient (Wildman–Crippen LogP) is 3.74. The highest BCUT2D eigenvalue weighted by Gasteiger charge is 2.09. The van der Waals surface area contributed by atoms with Gasteiger partial charge in [-0.1, -0.05) is 35.9 Å². The van der Waals surface area contributed by atoms with E-state index in [1.807, 2.05) is 50.2 Å². The minimum atomic E-state index is -0.118. The largest absolute Gasteiger partial charge is 0.322 e. The van der Waals surface area contributed by atoms with Crippen LogP contribution in [0, 0.1) is 20.8 Å². The molecule has 0 saturated heterocycles. The van der Waals surface area contributed by atoms with Gasteiger partial charge in [-0.05, 0) is 44.0 Å². The monoisotopic (exact) mass is 238 g/mol. The minimum Gasteiger partial charge on any atom is -0.322 e. The lowest BCUT2D eigenvalue weighted by atomic mass is 10.1. The van der Waals surface area contributed by atoms with E-state index in [1.54, 1.807) is 6.07 Å². The maximum Gasteiger partial charge on any atom is 0.255 e. The number of benzene rings is 2. The van der Waals surface area contributed by atoms with Gasteiger partial charge in [0.1, 0.15) is 0 Å². The van der Waals surface area contributed by atoms with Gasteiger partial charge in [-0.3, -0.25) is 4.79 Å². The van der Waals surface area contributed by atoms with Crippen molar-refractivity contribution in [3.05, 3.63) is 71.6 Å². The van der Waals surface area contributed by atoms with Crippen LogP contribution in [0.15, 0.2) is 42.5 Å². The SMILES string of the molecule is [CH2]c1ccccc1C(=O)Nc1ccc(C)cc1C. The molecule has 0 saturated carbocycles. The van der Waals surface area contributed by atoms with E-state index < -0.39 is 0 Å². The lowest BCUT2D eigenvalue weighted by molar-refractivity contribution is 0.102. The van der Waals surface area contributed by atoms with Crippen molar-refractivity contribution in [2.24, 2.45) is 0 Å². The maximum absolute atomic E-state index is 12.1. The lowest BCUT2D eigenvalue weighted by Gasteiger charge is -2.10. The standard InChI is InChI=1S/C16H16NO/c1-11-8-9-15(13(3)10-11)17-16(18)14-7-5-4-6-12(14)2/h4-10H,2H2,1,3H3,(H,17,18). The summed E-state index contributed by atoms with van der Waals surface area (Å²) in [6.45, 7) is 7.88. The molecule has 0 atom stereocenters. The Kier molecular flexibility index (Phi) is 3.47. The molecule has 0 aliphatic rings. The third kappa shape index (κ3) is 2.59. The molecule has 91 valence electrons. The van der Waals surface area contributed by atoms with Gasteiger partial charge in [0.05, 0.1) is 0 Å². The number of hydrogen-bond donors (Lipinski definition) is 1. The number of anilines is 1. The number of aryl methyl sites for hydroxylation is 2. The first-order valence-electron chi connectivity index (χ1n) is 5.87. The molecule has 2 aromatic rings. The molecule has 1 N–H and O–H groups in total. The van der Waals surface area contributed by atoms with Crippen molar-refractivity contribution < 1.29 is 4.79 Å².